The molecule has 0 bridgehead atoms. The third-order valence-corrected chi connectivity index (χ3v) is 3.50. The first-order valence-electron chi connectivity index (χ1n) is 5.74. The van der Waals surface area contributed by atoms with E-state index in [4.69, 9.17) is 4.74 Å². The zero-order valence-electron chi connectivity index (χ0n) is 9.57. The first-order chi connectivity index (χ1) is 7.70. The summed E-state index contributed by atoms with van der Waals surface area (Å²) >= 11 is 0. The van der Waals surface area contributed by atoms with Crippen molar-refractivity contribution in [3.8, 4) is 0 Å². The van der Waals surface area contributed by atoms with Crippen LogP contribution in [-0.4, -0.2) is 36.0 Å². The van der Waals surface area contributed by atoms with E-state index in [0.29, 0.717) is 19.4 Å². The highest BCUT2D eigenvalue weighted by atomic mass is 16.5. The number of esters is 1. The number of allylic oxidation sites excluding steroid dienone is 1. The Morgan fingerprint density at radius 3 is 3.06 bits per heavy atom. The minimum atomic E-state index is -0.719. The Morgan fingerprint density at radius 1 is 1.50 bits per heavy atom. The fourth-order valence-electron chi connectivity index (χ4n) is 2.68. The van der Waals surface area contributed by atoms with Crippen LogP contribution in [0.4, 0.5) is 0 Å². The standard InChI is InChI=1S/C12H17NO3/c1-16-11(15)12-7-4-2-3-6-10(14)13(12)9-5-8-12/h2,4H,3,5-9H2,1H3/b4-2-/t12-/m0/s1. The molecule has 4 heteroatoms. The molecule has 2 heterocycles. The predicted octanol–water partition coefficient (Wildman–Crippen LogP) is 1.26. The zero-order valence-corrected chi connectivity index (χ0v) is 9.57. The first kappa shape index (κ1) is 11.2. The molecule has 0 spiro atoms. The van der Waals surface area contributed by atoms with Crippen molar-refractivity contribution in [1.82, 2.24) is 4.90 Å². The molecule has 0 saturated carbocycles. The molecule has 0 N–H and O–H groups in total. The average Bonchev–Trinajstić information content (AvgIpc) is 2.69. The summed E-state index contributed by atoms with van der Waals surface area (Å²) in [7, 11) is 1.39. The third-order valence-electron chi connectivity index (χ3n) is 3.50. The number of carbonyl (C=O) groups is 2. The van der Waals surface area contributed by atoms with Crippen LogP contribution in [0.15, 0.2) is 12.2 Å². The molecular formula is C12H17NO3. The highest BCUT2D eigenvalue weighted by Gasteiger charge is 2.49. The number of rotatable bonds is 1. The van der Waals surface area contributed by atoms with E-state index < -0.39 is 5.54 Å². The first-order valence-corrected chi connectivity index (χ1v) is 5.74. The van der Waals surface area contributed by atoms with E-state index in [-0.39, 0.29) is 11.9 Å². The topological polar surface area (TPSA) is 46.6 Å². The van der Waals surface area contributed by atoms with E-state index in [1.54, 1.807) is 4.90 Å². The summed E-state index contributed by atoms with van der Waals surface area (Å²) in [6.07, 6.45) is 7.44. The maximum atomic E-state index is 12.0. The molecule has 2 rings (SSSR count). The Morgan fingerprint density at radius 2 is 2.31 bits per heavy atom. The minimum absolute atomic E-state index is 0.0762. The Kier molecular flexibility index (Phi) is 2.99. The summed E-state index contributed by atoms with van der Waals surface area (Å²) in [6.45, 7) is 0.682. The number of hydrogen-bond donors (Lipinski definition) is 0. The fourth-order valence-corrected chi connectivity index (χ4v) is 2.68. The van der Waals surface area contributed by atoms with Crippen molar-refractivity contribution in [3.05, 3.63) is 12.2 Å². The quantitative estimate of drug-likeness (QED) is 0.496. The summed E-state index contributed by atoms with van der Waals surface area (Å²) in [4.78, 5) is 25.6. The van der Waals surface area contributed by atoms with E-state index in [1.165, 1.54) is 7.11 Å². The summed E-state index contributed by atoms with van der Waals surface area (Å²) in [6, 6.07) is 0. The van der Waals surface area contributed by atoms with Gasteiger partial charge in [0.25, 0.3) is 0 Å². The predicted molar refractivity (Wildman–Crippen MR) is 58.7 cm³/mol. The van der Waals surface area contributed by atoms with Gasteiger partial charge in [-0.25, -0.2) is 4.79 Å². The van der Waals surface area contributed by atoms with Gasteiger partial charge in [-0.2, -0.15) is 0 Å². The van der Waals surface area contributed by atoms with Crippen molar-refractivity contribution < 1.29 is 14.3 Å². The molecule has 4 nitrogen and oxygen atoms in total. The molecule has 2 aliphatic heterocycles. The third kappa shape index (κ3) is 1.62. The highest BCUT2D eigenvalue weighted by Crippen LogP contribution is 2.35. The number of hydrogen-bond acceptors (Lipinski definition) is 3. The molecule has 0 aromatic heterocycles. The van der Waals surface area contributed by atoms with Crippen molar-refractivity contribution in [2.24, 2.45) is 0 Å². The van der Waals surface area contributed by atoms with E-state index >= 15 is 0 Å². The summed E-state index contributed by atoms with van der Waals surface area (Å²) in [5.74, 6) is -0.197. The summed E-state index contributed by atoms with van der Waals surface area (Å²) < 4.78 is 4.87. The van der Waals surface area contributed by atoms with Gasteiger partial charge < -0.3 is 9.64 Å². The van der Waals surface area contributed by atoms with Crippen molar-refractivity contribution >= 4 is 11.9 Å². The fraction of sp³-hybridized carbons (Fsp3) is 0.667. The van der Waals surface area contributed by atoms with Crippen LogP contribution in [0, 0.1) is 0 Å². The van der Waals surface area contributed by atoms with Crippen LogP contribution in [0.3, 0.4) is 0 Å². The molecule has 0 aromatic rings. The van der Waals surface area contributed by atoms with Crippen LogP contribution >= 0.6 is 0 Å². The number of nitrogens with zero attached hydrogens (tertiary/aromatic N) is 1. The largest absolute Gasteiger partial charge is 0.467 e. The molecule has 0 unspecified atom stereocenters. The highest BCUT2D eigenvalue weighted by molar-refractivity contribution is 5.89. The Hall–Kier alpha value is -1.32. The van der Waals surface area contributed by atoms with Crippen LogP contribution in [-0.2, 0) is 14.3 Å². The lowest BCUT2D eigenvalue weighted by Gasteiger charge is -2.36. The second-order valence-corrected chi connectivity index (χ2v) is 4.39. The summed E-state index contributed by atoms with van der Waals surface area (Å²) in [5.41, 5.74) is -0.719. The van der Waals surface area contributed by atoms with Gasteiger partial charge in [0.2, 0.25) is 5.91 Å². The molecule has 1 fully saturated rings. The normalized spacial score (nSPS) is 31.6. The average molecular weight is 223 g/mol. The molecule has 1 atom stereocenters. The van der Waals surface area contributed by atoms with Gasteiger partial charge in [-0.15, -0.1) is 0 Å². The SMILES string of the molecule is COC(=O)[C@@]12C/C=C\CCC(=O)N1CCC2. The molecule has 1 amide bonds. The van der Waals surface area contributed by atoms with E-state index in [0.717, 1.165) is 19.3 Å². The van der Waals surface area contributed by atoms with Gasteiger partial charge in [-0.1, -0.05) is 12.2 Å². The van der Waals surface area contributed by atoms with Gasteiger partial charge in [0.1, 0.15) is 5.54 Å². The molecule has 1 saturated heterocycles. The molecule has 16 heavy (non-hydrogen) atoms. The van der Waals surface area contributed by atoms with E-state index in [2.05, 4.69) is 0 Å². The van der Waals surface area contributed by atoms with Crippen LogP contribution in [0.5, 0.6) is 0 Å². The van der Waals surface area contributed by atoms with Crippen LogP contribution in [0.25, 0.3) is 0 Å². The monoisotopic (exact) mass is 223 g/mol. The molecule has 0 aromatic carbocycles. The van der Waals surface area contributed by atoms with Crippen molar-refractivity contribution in [3.63, 3.8) is 0 Å². The van der Waals surface area contributed by atoms with Gasteiger partial charge in [0.15, 0.2) is 0 Å². The Labute approximate surface area is 95.2 Å². The number of carbonyl (C=O) groups excluding carboxylic acids is 2. The smallest absolute Gasteiger partial charge is 0.332 e. The molecule has 0 aliphatic carbocycles. The maximum Gasteiger partial charge on any atom is 0.332 e. The lowest BCUT2D eigenvalue weighted by molar-refractivity contribution is -0.159. The number of fused-ring (bicyclic) bond motifs is 1. The van der Waals surface area contributed by atoms with E-state index in [1.807, 2.05) is 12.2 Å². The Bertz CT molecular complexity index is 337. The number of ether oxygens (including phenoxy) is 1. The second-order valence-electron chi connectivity index (χ2n) is 4.39. The second kappa shape index (κ2) is 4.28. The van der Waals surface area contributed by atoms with Gasteiger partial charge in [0.05, 0.1) is 7.11 Å². The van der Waals surface area contributed by atoms with Crippen LogP contribution in [0.1, 0.15) is 32.1 Å². The van der Waals surface area contributed by atoms with Gasteiger partial charge in [0, 0.05) is 13.0 Å². The zero-order chi connectivity index (χ0) is 11.6. The van der Waals surface area contributed by atoms with E-state index in [9.17, 15) is 9.59 Å². The molecule has 88 valence electrons. The minimum Gasteiger partial charge on any atom is -0.467 e. The maximum absolute atomic E-state index is 12.0. The number of methoxy groups -OCH3 is 1. The number of amides is 1. The lowest BCUT2D eigenvalue weighted by Crippen LogP contribution is -2.53. The Balaban J connectivity index is 2.35. The van der Waals surface area contributed by atoms with Crippen molar-refractivity contribution in [1.29, 1.82) is 0 Å². The molecule has 2 aliphatic rings. The van der Waals surface area contributed by atoms with Crippen molar-refractivity contribution in [2.75, 3.05) is 13.7 Å². The van der Waals surface area contributed by atoms with Crippen LogP contribution < -0.4 is 0 Å². The van der Waals surface area contributed by atoms with Gasteiger partial charge in [-0.05, 0) is 25.7 Å². The molecule has 0 radical (unpaired) electrons. The van der Waals surface area contributed by atoms with Crippen LogP contribution in [0.2, 0.25) is 0 Å². The van der Waals surface area contributed by atoms with Crippen molar-refractivity contribution in [2.45, 2.75) is 37.6 Å². The lowest BCUT2D eigenvalue weighted by atomic mass is 9.90. The molecular weight excluding hydrogens is 206 g/mol. The summed E-state index contributed by atoms with van der Waals surface area (Å²) in [5, 5.41) is 0. The van der Waals surface area contributed by atoms with Gasteiger partial charge in [-0.3, -0.25) is 4.79 Å². The van der Waals surface area contributed by atoms with Gasteiger partial charge >= 0.3 is 5.97 Å².